The van der Waals surface area contributed by atoms with Gasteiger partial charge in [-0.15, -0.1) is 11.3 Å². The van der Waals surface area contributed by atoms with Gasteiger partial charge >= 0.3 is 0 Å². The average Bonchev–Trinajstić information content (AvgIpc) is 2.61. The molecule has 0 aliphatic rings. The lowest BCUT2D eigenvalue weighted by molar-refractivity contribution is -0.129. The number of hydrogen-bond acceptors (Lipinski definition) is 3. The summed E-state index contributed by atoms with van der Waals surface area (Å²) in [5.74, 6) is 0.786. The normalized spacial score (nSPS) is 10.3. The number of rotatable bonds is 5. The second-order valence-corrected chi connectivity index (χ2v) is 6.24. The number of hydrogen-bond donors (Lipinski definition) is 1. The van der Waals surface area contributed by atoms with Crippen molar-refractivity contribution in [1.82, 2.24) is 4.90 Å². The maximum absolute atomic E-state index is 11.4. The maximum atomic E-state index is 11.4. The third kappa shape index (κ3) is 4.57. The second-order valence-electron chi connectivity index (χ2n) is 3.24. The molecule has 0 saturated carbocycles. The molecule has 0 fully saturated rings. The molecule has 1 aromatic heterocycles. The molecule has 0 aromatic carbocycles. The monoisotopic (exact) mass is 307 g/mol. The Labute approximate surface area is 108 Å². The average molecular weight is 308 g/mol. The van der Waals surface area contributed by atoms with Gasteiger partial charge in [-0.3, -0.25) is 4.79 Å². The molecular weight excluding hydrogens is 294 g/mol. The smallest absolute Gasteiger partial charge is 0.223 e. The molecule has 0 aliphatic carbocycles. The van der Waals surface area contributed by atoms with Crippen LogP contribution in [0.25, 0.3) is 0 Å². The van der Waals surface area contributed by atoms with Gasteiger partial charge in [0.25, 0.3) is 0 Å². The van der Waals surface area contributed by atoms with E-state index in [-0.39, 0.29) is 5.91 Å². The van der Waals surface area contributed by atoms with Gasteiger partial charge in [-0.05, 0) is 40.2 Å². The fraction of sp³-hybridized carbons (Fsp3) is 0.500. The number of amides is 1. The van der Waals surface area contributed by atoms with Crippen molar-refractivity contribution in [2.45, 2.75) is 12.8 Å². The first-order chi connectivity index (χ1) is 7.13. The van der Waals surface area contributed by atoms with E-state index in [0.717, 1.165) is 16.8 Å². The zero-order valence-electron chi connectivity index (χ0n) is 8.57. The van der Waals surface area contributed by atoms with Gasteiger partial charge in [0.15, 0.2) is 0 Å². The predicted octanol–water partition coefficient (Wildman–Crippen LogP) is 2.83. The minimum absolute atomic E-state index is 0.167. The number of carbonyl (C=O) groups is 1. The Kier molecular flexibility index (Phi) is 5.71. The van der Waals surface area contributed by atoms with Crippen LogP contribution in [0.15, 0.2) is 15.9 Å². The summed E-state index contributed by atoms with van der Waals surface area (Å²) in [6, 6.07) is 4.13. The van der Waals surface area contributed by atoms with Crippen molar-refractivity contribution in [3.63, 3.8) is 0 Å². The van der Waals surface area contributed by atoms with E-state index in [9.17, 15) is 4.79 Å². The van der Waals surface area contributed by atoms with Gasteiger partial charge in [0, 0.05) is 24.9 Å². The molecule has 0 unspecified atom stereocenters. The van der Waals surface area contributed by atoms with E-state index in [0.29, 0.717) is 12.2 Å². The van der Waals surface area contributed by atoms with Crippen molar-refractivity contribution in [2.75, 3.05) is 19.3 Å². The summed E-state index contributed by atoms with van der Waals surface area (Å²) in [5.41, 5.74) is 0. The first-order valence-electron chi connectivity index (χ1n) is 4.72. The second kappa shape index (κ2) is 6.55. The summed E-state index contributed by atoms with van der Waals surface area (Å²) in [6.07, 6.45) is 1.44. The minimum Gasteiger partial charge on any atom is -0.345 e. The molecule has 0 radical (unpaired) electrons. The predicted molar refractivity (Wildman–Crippen MR) is 71.8 cm³/mol. The molecule has 2 nitrogen and oxygen atoms in total. The van der Waals surface area contributed by atoms with Crippen LogP contribution in [0.3, 0.4) is 0 Å². The summed E-state index contributed by atoms with van der Waals surface area (Å²) in [6.45, 7) is 0.777. The van der Waals surface area contributed by atoms with Crippen molar-refractivity contribution >= 4 is 45.8 Å². The number of likely N-dealkylation sites (N-methyl/N-ethyl adjacent to an activating group) is 1. The molecule has 0 spiro atoms. The minimum atomic E-state index is 0.167. The summed E-state index contributed by atoms with van der Waals surface area (Å²) >= 11 is 9.18. The molecule has 0 atom stereocenters. The standard InChI is InChI=1S/C10H14BrNOS2/c1-12(10(13)5-7-14)6-4-8-2-3-9(11)15-8/h2-3,14H,4-7H2,1H3. The van der Waals surface area contributed by atoms with Gasteiger partial charge in [-0.1, -0.05) is 0 Å². The third-order valence-corrected chi connectivity index (χ3v) is 3.98. The molecule has 0 N–H and O–H groups in total. The molecule has 1 amide bonds. The molecule has 5 heteroatoms. The van der Waals surface area contributed by atoms with Crippen molar-refractivity contribution in [2.24, 2.45) is 0 Å². The number of halogens is 1. The zero-order valence-corrected chi connectivity index (χ0v) is 11.9. The topological polar surface area (TPSA) is 20.3 Å². The zero-order chi connectivity index (χ0) is 11.3. The van der Waals surface area contributed by atoms with Gasteiger partial charge in [0.1, 0.15) is 0 Å². The van der Waals surface area contributed by atoms with Gasteiger partial charge in [0.05, 0.1) is 3.79 Å². The van der Waals surface area contributed by atoms with Crippen molar-refractivity contribution in [3.05, 3.63) is 20.8 Å². The van der Waals surface area contributed by atoms with Crippen LogP contribution < -0.4 is 0 Å². The van der Waals surface area contributed by atoms with E-state index < -0.39 is 0 Å². The van der Waals surface area contributed by atoms with Gasteiger partial charge < -0.3 is 4.90 Å². The fourth-order valence-corrected chi connectivity index (χ4v) is 2.84. The summed E-state index contributed by atoms with van der Waals surface area (Å²) in [5, 5.41) is 0. The first kappa shape index (κ1) is 13.1. The highest BCUT2D eigenvalue weighted by Gasteiger charge is 2.07. The van der Waals surface area contributed by atoms with Crippen LogP contribution in [0.5, 0.6) is 0 Å². The lowest BCUT2D eigenvalue weighted by Gasteiger charge is -2.15. The van der Waals surface area contributed by atoms with Crippen molar-refractivity contribution in [1.29, 1.82) is 0 Å². The summed E-state index contributed by atoms with van der Waals surface area (Å²) in [4.78, 5) is 14.5. The lowest BCUT2D eigenvalue weighted by atomic mass is 10.3. The Bertz CT molecular complexity index is 327. The molecule has 1 heterocycles. The molecule has 1 rings (SSSR count). The van der Waals surface area contributed by atoms with Crippen LogP contribution in [0, 0.1) is 0 Å². The lowest BCUT2D eigenvalue weighted by Crippen LogP contribution is -2.28. The summed E-state index contributed by atoms with van der Waals surface area (Å²) in [7, 11) is 1.84. The van der Waals surface area contributed by atoms with E-state index in [4.69, 9.17) is 0 Å². The summed E-state index contributed by atoms with van der Waals surface area (Å²) < 4.78 is 1.14. The molecule has 0 saturated heterocycles. The van der Waals surface area contributed by atoms with E-state index >= 15 is 0 Å². The van der Waals surface area contributed by atoms with Crippen LogP contribution in [-0.4, -0.2) is 30.2 Å². The van der Waals surface area contributed by atoms with Gasteiger partial charge in [0.2, 0.25) is 5.91 Å². The highest BCUT2D eigenvalue weighted by atomic mass is 79.9. The van der Waals surface area contributed by atoms with Crippen LogP contribution in [0.2, 0.25) is 0 Å². The van der Waals surface area contributed by atoms with E-state index in [1.807, 2.05) is 13.1 Å². The number of thiol groups is 1. The van der Waals surface area contributed by atoms with Crippen LogP contribution >= 0.6 is 39.9 Å². The van der Waals surface area contributed by atoms with Crippen LogP contribution in [0.4, 0.5) is 0 Å². The van der Waals surface area contributed by atoms with E-state index in [1.54, 1.807) is 16.2 Å². The van der Waals surface area contributed by atoms with Crippen molar-refractivity contribution in [3.8, 4) is 0 Å². The quantitative estimate of drug-likeness (QED) is 0.830. The Morgan fingerprint density at radius 3 is 2.87 bits per heavy atom. The Hall–Kier alpha value is -0.000000000000000111. The van der Waals surface area contributed by atoms with Crippen molar-refractivity contribution < 1.29 is 4.79 Å². The molecule has 0 aliphatic heterocycles. The highest BCUT2D eigenvalue weighted by Crippen LogP contribution is 2.22. The molecule has 0 bridgehead atoms. The molecule has 1 aromatic rings. The molecule has 84 valence electrons. The number of carbonyl (C=O) groups excluding carboxylic acids is 1. The Morgan fingerprint density at radius 1 is 1.60 bits per heavy atom. The first-order valence-corrected chi connectivity index (χ1v) is 6.96. The fourth-order valence-electron chi connectivity index (χ4n) is 1.18. The highest BCUT2D eigenvalue weighted by molar-refractivity contribution is 9.11. The van der Waals surface area contributed by atoms with E-state index in [1.165, 1.54) is 4.88 Å². The van der Waals surface area contributed by atoms with Crippen LogP contribution in [-0.2, 0) is 11.2 Å². The largest absolute Gasteiger partial charge is 0.345 e. The SMILES string of the molecule is CN(CCc1ccc(Br)s1)C(=O)CCS. The molecule has 15 heavy (non-hydrogen) atoms. The van der Waals surface area contributed by atoms with Gasteiger partial charge in [-0.2, -0.15) is 12.6 Å². The Morgan fingerprint density at radius 2 is 2.33 bits per heavy atom. The van der Waals surface area contributed by atoms with Crippen LogP contribution in [0.1, 0.15) is 11.3 Å². The molecular formula is C10H14BrNOS2. The number of thiophene rings is 1. The van der Waals surface area contributed by atoms with Gasteiger partial charge in [-0.25, -0.2) is 0 Å². The van der Waals surface area contributed by atoms with E-state index in [2.05, 4.69) is 34.6 Å². The third-order valence-electron chi connectivity index (χ3n) is 2.07. The number of nitrogens with zero attached hydrogens (tertiary/aromatic N) is 1. The Balaban J connectivity index is 2.33. The maximum Gasteiger partial charge on any atom is 0.223 e.